The zero-order valence-corrected chi connectivity index (χ0v) is 14.6. The van der Waals surface area contributed by atoms with E-state index in [2.05, 4.69) is 10.4 Å². The van der Waals surface area contributed by atoms with E-state index in [1.165, 1.54) is 10.9 Å². The number of nitrogens with zero attached hydrogens (tertiary/aromatic N) is 2. The topological polar surface area (TPSA) is 67.2 Å². The molecule has 7 heteroatoms. The number of hydrogen-bond donors (Lipinski definition) is 2. The van der Waals surface area contributed by atoms with E-state index in [0.29, 0.717) is 16.4 Å². The number of anilines is 1. The summed E-state index contributed by atoms with van der Waals surface area (Å²) >= 11 is 12.1. The van der Waals surface area contributed by atoms with Crippen LogP contribution in [0.4, 0.5) is 5.69 Å². The molecule has 128 valence electrons. The summed E-state index contributed by atoms with van der Waals surface area (Å²) in [7, 11) is 0. The van der Waals surface area contributed by atoms with Gasteiger partial charge in [0.2, 0.25) is 0 Å². The van der Waals surface area contributed by atoms with E-state index in [9.17, 15) is 9.90 Å². The Hall–Kier alpha value is -2.34. The second-order valence-corrected chi connectivity index (χ2v) is 6.17. The van der Waals surface area contributed by atoms with Crippen LogP contribution >= 0.6 is 23.2 Å². The van der Waals surface area contributed by atoms with Crippen molar-refractivity contribution in [1.82, 2.24) is 9.78 Å². The van der Waals surface area contributed by atoms with Crippen LogP contribution in [0.1, 0.15) is 11.6 Å². The second-order valence-electron chi connectivity index (χ2n) is 5.36. The minimum absolute atomic E-state index is 0.000619. The van der Waals surface area contributed by atoms with Gasteiger partial charge in [-0.3, -0.25) is 4.79 Å². The first kappa shape index (κ1) is 17.5. The molecule has 1 aromatic heterocycles. The standard InChI is InChI=1S/C18H15Cl2N3O2/c19-13-6-8-14(9-7-13)23-18(25)17(20)15(10-21-23)22-16(11-24)12-4-2-1-3-5-12/h1-10,16,22,24H,11H2. The Labute approximate surface area is 154 Å². The van der Waals surface area contributed by atoms with E-state index in [4.69, 9.17) is 23.2 Å². The van der Waals surface area contributed by atoms with Crippen LogP contribution in [0.2, 0.25) is 10.0 Å². The van der Waals surface area contributed by atoms with Gasteiger partial charge in [-0.15, -0.1) is 0 Å². The number of aliphatic hydroxyl groups is 1. The highest BCUT2D eigenvalue weighted by molar-refractivity contribution is 6.33. The maximum atomic E-state index is 12.5. The molecule has 0 bridgehead atoms. The number of aliphatic hydroxyl groups excluding tert-OH is 1. The maximum Gasteiger partial charge on any atom is 0.292 e. The normalized spacial score (nSPS) is 12.0. The summed E-state index contributed by atoms with van der Waals surface area (Å²) in [6.45, 7) is -0.152. The predicted octanol–water partition coefficient (Wildman–Crippen LogP) is 3.68. The summed E-state index contributed by atoms with van der Waals surface area (Å²) in [5.74, 6) is 0. The first-order valence-corrected chi connectivity index (χ1v) is 8.32. The van der Waals surface area contributed by atoms with E-state index in [1.807, 2.05) is 30.3 Å². The average molecular weight is 376 g/mol. The molecule has 0 fully saturated rings. The predicted molar refractivity (Wildman–Crippen MR) is 99.7 cm³/mol. The van der Waals surface area contributed by atoms with Crippen LogP contribution in [0.15, 0.2) is 65.6 Å². The van der Waals surface area contributed by atoms with E-state index in [1.54, 1.807) is 24.3 Å². The molecule has 3 rings (SSSR count). The van der Waals surface area contributed by atoms with Gasteiger partial charge in [0.05, 0.1) is 30.2 Å². The molecule has 0 spiro atoms. The van der Waals surface area contributed by atoms with Gasteiger partial charge in [-0.05, 0) is 29.8 Å². The summed E-state index contributed by atoms with van der Waals surface area (Å²) in [4.78, 5) is 12.5. The molecule has 0 radical (unpaired) electrons. The van der Waals surface area contributed by atoms with Gasteiger partial charge >= 0.3 is 0 Å². The Balaban J connectivity index is 1.92. The molecule has 1 unspecified atom stereocenters. The maximum absolute atomic E-state index is 12.5. The van der Waals surface area contributed by atoms with Crippen molar-refractivity contribution in [3.63, 3.8) is 0 Å². The molecular formula is C18H15Cl2N3O2. The van der Waals surface area contributed by atoms with Gasteiger partial charge in [0.1, 0.15) is 5.02 Å². The van der Waals surface area contributed by atoms with Crippen LogP contribution in [0, 0.1) is 0 Å². The molecule has 0 aliphatic heterocycles. The first-order valence-electron chi connectivity index (χ1n) is 7.56. The van der Waals surface area contributed by atoms with Crippen molar-refractivity contribution in [3.05, 3.63) is 86.8 Å². The monoisotopic (exact) mass is 375 g/mol. The molecule has 1 heterocycles. The second kappa shape index (κ2) is 7.70. The fraction of sp³-hybridized carbons (Fsp3) is 0.111. The molecule has 3 aromatic rings. The number of aromatic nitrogens is 2. The number of hydrogen-bond acceptors (Lipinski definition) is 4. The van der Waals surface area contributed by atoms with Crippen LogP contribution in [0.3, 0.4) is 0 Å². The first-order chi connectivity index (χ1) is 12.1. The Kier molecular flexibility index (Phi) is 5.38. The van der Waals surface area contributed by atoms with Crippen molar-refractivity contribution in [3.8, 4) is 5.69 Å². The molecule has 0 aliphatic rings. The number of benzene rings is 2. The van der Waals surface area contributed by atoms with E-state index in [0.717, 1.165) is 5.56 Å². The van der Waals surface area contributed by atoms with Gasteiger partial charge in [-0.25, -0.2) is 0 Å². The van der Waals surface area contributed by atoms with Gasteiger partial charge in [0.15, 0.2) is 0 Å². The minimum atomic E-state index is -0.459. The van der Waals surface area contributed by atoms with Gasteiger partial charge in [0.25, 0.3) is 5.56 Å². The highest BCUT2D eigenvalue weighted by Crippen LogP contribution is 2.23. The van der Waals surface area contributed by atoms with Crippen molar-refractivity contribution in [1.29, 1.82) is 0 Å². The number of rotatable bonds is 5. The average Bonchev–Trinajstić information content (AvgIpc) is 2.65. The molecule has 2 N–H and O–H groups in total. The smallest absolute Gasteiger partial charge is 0.292 e. The lowest BCUT2D eigenvalue weighted by atomic mass is 10.1. The Morgan fingerprint density at radius 3 is 2.40 bits per heavy atom. The van der Waals surface area contributed by atoms with Crippen LogP contribution in [-0.2, 0) is 0 Å². The zero-order chi connectivity index (χ0) is 17.8. The fourth-order valence-electron chi connectivity index (χ4n) is 2.41. The van der Waals surface area contributed by atoms with Crippen LogP contribution in [0.5, 0.6) is 0 Å². The van der Waals surface area contributed by atoms with Gasteiger partial charge in [-0.1, -0.05) is 53.5 Å². The largest absolute Gasteiger partial charge is 0.394 e. The lowest BCUT2D eigenvalue weighted by molar-refractivity contribution is 0.276. The SMILES string of the molecule is O=c1c(Cl)c(NC(CO)c2ccccc2)cnn1-c1ccc(Cl)cc1. The molecule has 0 amide bonds. The summed E-state index contributed by atoms with van der Waals surface area (Å²) in [6.07, 6.45) is 1.46. The molecule has 2 aromatic carbocycles. The van der Waals surface area contributed by atoms with Crippen LogP contribution in [0.25, 0.3) is 5.69 Å². The molecule has 0 saturated carbocycles. The molecule has 1 atom stereocenters. The number of nitrogens with one attached hydrogen (secondary N) is 1. The highest BCUT2D eigenvalue weighted by Gasteiger charge is 2.15. The van der Waals surface area contributed by atoms with Crippen molar-refractivity contribution in [2.24, 2.45) is 0 Å². The fourth-order valence-corrected chi connectivity index (χ4v) is 2.72. The summed E-state index contributed by atoms with van der Waals surface area (Å²) < 4.78 is 1.19. The van der Waals surface area contributed by atoms with Crippen molar-refractivity contribution in [2.75, 3.05) is 11.9 Å². The molecule has 0 aliphatic carbocycles. The summed E-state index contributed by atoms with van der Waals surface area (Å²) in [6, 6.07) is 15.7. The Morgan fingerprint density at radius 2 is 1.76 bits per heavy atom. The molecule has 5 nitrogen and oxygen atoms in total. The summed E-state index contributed by atoms with van der Waals surface area (Å²) in [5.41, 5.74) is 1.34. The van der Waals surface area contributed by atoms with Crippen LogP contribution in [-0.4, -0.2) is 21.5 Å². The summed E-state index contributed by atoms with van der Waals surface area (Å²) in [5, 5.41) is 17.4. The third-order valence-electron chi connectivity index (χ3n) is 3.70. The molecule has 25 heavy (non-hydrogen) atoms. The third-order valence-corrected chi connectivity index (χ3v) is 4.32. The lowest BCUT2D eigenvalue weighted by Gasteiger charge is -2.19. The Morgan fingerprint density at radius 1 is 1.08 bits per heavy atom. The third kappa shape index (κ3) is 3.85. The van der Waals surface area contributed by atoms with Crippen molar-refractivity contribution >= 4 is 28.9 Å². The van der Waals surface area contributed by atoms with Gasteiger partial charge in [-0.2, -0.15) is 9.78 Å². The van der Waals surface area contributed by atoms with E-state index < -0.39 is 11.6 Å². The van der Waals surface area contributed by atoms with E-state index in [-0.39, 0.29) is 11.6 Å². The minimum Gasteiger partial charge on any atom is -0.394 e. The zero-order valence-electron chi connectivity index (χ0n) is 13.1. The van der Waals surface area contributed by atoms with Crippen LogP contribution < -0.4 is 10.9 Å². The quantitative estimate of drug-likeness (QED) is 0.713. The number of halogens is 2. The van der Waals surface area contributed by atoms with Gasteiger partial charge in [0, 0.05) is 5.02 Å². The van der Waals surface area contributed by atoms with Crippen molar-refractivity contribution < 1.29 is 5.11 Å². The van der Waals surface area contributed by atoms with Gasteiger partial charge < -0.3 is 10.4 Å². The van der Waals surface area contributed by atoms with E-state index >= 15 is 0 Å². The lowest BCUT2D eigenvalue weighted by Crippen LogP contribution is -2.24. The highest BCUT2D eigenvalue weighted by atomic mass is 35.5. The molecule has 0 saturated heterocycles. The molecular weight excluding hydrogens is 361 g/mol. The Bertz CT molecular complexity index is 912. The van der Waals surface area contributed by atoms with Crippen molar-refractivity contribution in [2.45, 2.75) is 6.04 Å².